The molecule has 1 amide bonds. The number of aromatic nitrogens is 1. The summed E-state index contributed by atoms with van der Waals surface area (Å²) < 4.78 is 53.5. The van der Waals surface area contributed by atoms with E-state index >= 15 is 0 Å². The summed E-state index contributed by atoms with van der Waals surface area (Å²) in [5.41, 5.74) is -0.356. The van der Waals surface area contributed by atoms with Gasteiger partial charge < -0.3 is 15.5 Å². The minimum Gasteiger partial charge on any atom is -0.382 e. The van der Waals surface area contributed by atoms with Crippen LogP contribution in [0.1, 0.15) is 50.3 Å². The maximum Gasteiger partial charge on any atom is 0.433 e. The van der Waals surface area contributed by atoms with Crippen molar-refractivity contribution < 1.29 is 27.2 Å². The number of carbonyl (C=O) groups is 1. The highest BCUT2D eigenvalue weighted by molar-refractivity contribution is 6.31. The summed E-state index contributed by atoms with van der Waals surface area (Å²) >= 11 is 6.09. The molecule has 3 aromatic rings. The Balaban J connectivity index is 1.20. The summed E-state index contributed by atoms with van der Waals surface area (Å²) in [6.45, 7) is 1.66. The topological polar surface area (TPSA) is 75.6 Å². The highest BCUT2D eigenvalue weighted by Gasteiger charge is 2.43. The Morgan fingerprint density at radius 3 is 2.42 bits per heavy atom. The monoisotopic (exact) mass is 548 g/mol. The molecule has 2 heterocycles. The second kappa shape index (κ2) is 10.1. The second-order valence-electron chi connectivity index (χ2n) is 9.92. The van der Waals surface area contributed by atoms with E-state index in [1.54, 1.807) is 25.1 Å². The maximum atomic E-state index is 13.4. The molecule has 1 fully saturated rings. The maximum absolute atomic E-state index is 13.4. The average molecular weight is 549 g/mol. The molecule has 5 rings (SSSR count). The molecule has 2 N–H and O–H groups in total. The zero-order valence-corrected chi connectivity index (χ0v) is 21.2. The Hall–Kier alpha value is -3.40. The number of fused-ring (bicyclic) bond motifs is 1. The van der Waals surface area contributed by atoms with Crippen LogP contribution in [0, 0.1) is 5.82 Å². The molecule has 1 saturated carbocycles. The van der Waals surface area contributed by atoms with E-state index in [9.17, 15) is 22.4 Å². The summed E-state index contributed by atoms with van der Waals surface area (Å²) in [4.78, 5) is 22.3. The lowest BCUT2D eigenvalue weighted by Crippen LogP contribution is -2.50. The molecule has 2 aliphatic rings. The molecule has 1 aromatic heterocycles. The van der Waals surface area contributed by atoms with Gasteiger partial charge in [-0.05, 0) is 74.6 Å². The van der Waals surface area contributed by atoms with Gasteiger partial charge in [-0.2, -0.15) is 13.2 Å². The number of carbonyl (C=O) groups excluding carboxylic acids is 1. The summed E-state index contributed by atoms with van der Waals surface area (Å²) in [5, 5.41) is 11.2. The molecule has 11 heteroatoms. The van der Waals surface area contributed by atoms with Crippen molar-refractivity contribution in [3.05, 3.63) is 70.6 Å². The first kappa shape index (κ1) is 26.2. The van der Waals surface area contributed by atoms with Gasteiger partial charge in [-0.15, -0.1) is 0 Å². The van der Waals surface area contributed by atoms with Gasteiger partial charge in [-0.1, -0.05) is 28.9 Å². The molecule has 38 heavy (non-hydrogen) atoms. The smallest absolute Gasteiger partial charge is 0.382 e. The van der Waals surface area contributed by atoms with Crippen LogP contribution in [0.3, 0.4) is 0 Å². The predicted molar refractivity (Wildman–Crippen MR) is 137 cm³/mol. The number of oxime groups is 1. The Morgan fingerprint density at radius 1 is 1.05 bits per heavy atom. The normalized spacial score (nSPS) is 23.6. The van der Waals surface area contributed by atoms with E-state index in [-0.39, 0.29) is 35.7 Å². The van der Waals surface area contributed by atoms with Crippen molar-refractivity contribution >= 4 is 39.8 Å². The average Bonchev–Trinajstić information content (AvgIpc) is 3.28. The van der Waals surface area contributed by atoms with E-state index in [4.69, 9.17) is 16.4 Å². The van der Waals surface area contributed by atoms with E-state index in [1.165, 1.54) is 24.3 Å². The van der Waals surface area contributed by atoms with Crippen LogP contribution >= 0.6 is 11.6 Å². The van der Waals surface area contributed by atoms with Crippen LogP contribution in [0.5, 0.6) is 0 Å². The third kappa shape index (κ3) is 5.55. The van der Waals surface area contributed by atoms with Gasteiger partial charge in [0.25, 0.3) is 5.91 Å². The fraction of sp³-hybridized carbons (Fsp3) is 0.370. The number of benzene rings is 2. The lowest BCUT2D eigenvalue weighted by molar-refractivity contribution is -0.142. The number of amides is 1. The molecule has 2 aromatic carbocycles. The van der Waals surface area contributed by atoms with Crippen molar-refractivity contribution in [2.45, 2.75) is 62.9 Å². The fourth-order valence-corrected chi connectivity index (χ4v) is 5.03. The number of hydrogen-bond acceptors (Lipinski definition) is 5. The van der Waals surface area contributed by atoms with Crippen LogP contribution in [0.4, 0.5) is 23.2 Å². The third-order valence-corrected chi connectivity index (χ3v) is 7.24. The Kier molecular flexibility index (Phi) is 6.94. The summed E-state index contributed by atoms with van der Waals surface area (Å²) in [6, 6.07) is 11.2. The van der Waals surface area contributed by atoms with E-state index < -0.39 is 17.5 Å². The van der Waals surface area contributed by atoms with E-state index in [1.807, 2.05) is 0 Å². The molecule has 0 saturated heterocycles. The zero-order valence-electron chi connectivity index (χ0n) is 20.4. The van der Waals surface area contributed by atoms with Gasteiger partial charge in [0.1, 0.15) is 11.5 Å². The third-order valence-electron chi connectivity index (χ3n) is 7.00. The van der Waals surface area contributed by atoms with Gasteiger partial charge in [0.05, 0.1) is 11.2 Å². The number of rotatable bonds is 5. The van der Waals surface area contributed by atoms with Gasteiger partial charge in [0.15, 0.2) is 0 Å². The van der Waals surface area contributed by atoms with Crippen molar-refractivity contribution in [3.63, 3.8) is 0 Å². The highest BCUT2D eigenvalue weighted by atomic mass is 35.5. The van der Waals surface area contributed by atoms with Crippen LogP contribution in [0.2, 0.25) is 5.02 Å². The van der Waals surface area contributed by atoms with E-state index in [0.29, 0.717) is 53.1 Å². The number of pyridine rings is 1. The summed E-state index contributed by atoms with van der Waals surface area (Å²) in [6.07, 6.45) is -1.76. The van der Waals surface area contributed by atoms with Crippen LogP contribution in [-0.2, 0) is 15.8 Å². The fourth-order valence-electron chi connectivity index (χ4n) is 4.86. The lowest BCUT2D eigenvalue weighted by atomic mass is 9.89. The Morgan fingerprint density at radius 2 is 1.74 bits per heavy atom. The van der Waals surface area contributed by atoms with Gasteiger partial charge >= 0.3 is 6.18 Å². The molecule has 1 unspecified atom stereocenters. The lowest BCUT2D eigenvalue weighted by Gasteiger charge is -2.32. The van der Waals surface area contributed by atoms with Crippen LogP contribution in [-0.4, -0.2) is 34.3 Å². The molecule has 1 atom stereocenters. The largest absolute Gasteiger partial charge is 0.433 e. The molecular weight excluding hydrogens is 524 g/mol. The van der Waals surface area contributed by atoms with Crippen LogP contribution < -0.4 is 10.6 Å². The van der Waals surface area contributed by atoms with Crippen molar-refractivity contribution in [2.24, 2.45) is 5.16 Å². The minimum absolute atomic E-state index is 0.0828. The van der Waals surface area contributed by atoms with Gasteiger partial charge in [-0.3, -0.25) is 4.79 Å². The van der Waals surface area contributed by atoms with E-state index in [2.05, 4.69) is 20.8 Å². The first-order valence-electron chi connectivity index (χ1n) is 12.3. The van der Waals surface area contributed by atoms with Crippen molar-refractivity contribution in [1.29, 1.82) is 0 Å². The molecule has 0 radical (unpaired) electrons. The summed E-state index contributed by atoms with van der Waals surface area (Å²) in [5.74, 6) is -0.653. The molecule has 6 nitrogen and oxygen atoms in total. The molecular formula is C27H25ClF4N4O2. The molecule has 0 bridgehead atoms. The van der Waals surface area contributed by atoms with Crippen molar-refractivity contribution in [2.75, 3.05) is 5.32 Å². The van der Waals surface area contributed by atoms with Crippen molar-refractivity contribution in [3.8, 4) is 0 Å². The number of nitrogens with zero attached hydrogens (tertiary/aromatic N) is 2. The number of anilines is 1. The first-order chi connectivity index (χ1) is 18.0. The molecule has 1 aliphatic carbocycles. The Bertz CT molecular complexity index is 1390. The highest BCUT2D eigenvalue weighted by Crippen LogP contribution is 2.35. The van der Waals surface area contributed by atoms with Crippen LogP contribution in [0.25, 0.3) is 10.9 Å². The number of hydrogen-bond donors (Lipinski definition) is 2. The molecule has 0 spiro atoms. The van der Waals surface area contributed by atoms with Crippen molar-refractivity contribution in [1.82, 2.24) is 10.3 Å². The number of alkyl halides is 3. The number of nitrogens with one attached hydrogen (secondary N) is 2. The molecule has 1 aliphatic heterocycles. The minimum atomic E-state index is -4.58. The van der Waals surface area contributed by atoms with Crippen LogP contribution in [0.15, 0.2) is 53.7 Å². The zero-order chi connectivity index (χ0) is 27.1. The molecule has 200 valence electrons. The SMILES string of the molecule is CC1(C(=O)N[C@H]2CC[C@@H](Nc3cc(C(F)(F)F)nc4ccc(Cl)cc34)CC2)CC(c2ccc(F)cc2)=NO1. The standard InChI is InChI=1S/C27H25ClF4N4O2/c1-26(14-23(36-38-26)15-2-5-17(29)6-3-15)25(37)34-19-9-7-18(8-10-19)33-22-13-24(27(30,31)32)35-21-11-4-16(28)12-20(21)22/h2-6,11-13,18-19H,7-10,14H2,1H3,(H,33,35)(H,34,37)/t18-,19+,26?. The van der Waals surface area contributed by atoms with Gasteiger partial charge in [0.2, 0.25) is 5.60 Å². The Labute approximate surface area is 221 Å². The van der Waals surface area contributed by atoms with Gasteiger partial charge in [-0.25, -0.2) is 9.37 Å². The quantitative estimate of drug-likeness (QED) is 0.358. The predicted octanol–water partition coefficient (Wildman–Crippen LogP) is 6.47. The summed E-state index contributed by atoms with van der Waals surface area (Å²) in [7, 11) is 0. The second-order valence-corrected chi connectivity index (χ2v) is 10.4. The van der Waals surface area contributed by atoms with Gasteiger partial charge in [0, 0.05) is 34.6 Å². The first-order valence-corrected chi connectivity index (χ1v) is 12.6. The number of halogens is 5. The van der Waals surface area contributed by atoms with E-state index in [0.717, 1.165) is 6.07 Å².